The van der Waals surface area contributed by atoms with E-state index >= 15 is 0 Å². The molecule has 2 aromatic carbocycles. The SMILES string of the molecule is CC(NC(=O)C1(Cc2ccc3nc(-c4ccc(-c5nn[nH]n5)cc4)ccc3c2)CC1)C(=O)O. The highest BCUT2D eigenvalue weighted by Crippen LogP contribution is 2.49. The van der Waals surface area contributed by atoms with E-state index in [1.165, 1.54) is 6.92 Å². The maximum absolute atomic E-state index is 12.6. The molecule has 1 atom stereocenters. The molecule has 1 aliphatic carbocycles. The number of hydrogen-bond donors (Lipinski definition) is 3. The largest absolute Gasteiger partial charge is 0.480 e. The Hall–Kier alpha value is -4.14. The Bertz CT molecular complexity index is 1330. The van der Waals surface area contributed by atoms with Gasteiger partial charge in [-0.05, 0) is 55.2 Å². The normalized spacial score (nSPS) is 15.2. The lowest BCUT2D eigenvalue weighted by Gasteiger charge is -2.18. The van der Waals surface area contributed by atoms with Gasteiger partial charge in [0.15, 0.2) is 0 Å². The molecular weight excluding hydrogens is 420 g/mol. The summed E-state index contributed by atoms with van der Waals surface area (Å²) in [7, 11) is 0. The number of nitrogens with zero attached hydrogens (tertiary/aromatic N) is 4. The number of carboxylic acids is 1. The van der Waals surface area contributed by atoms with E-state index in [1.54, 1.807) is 0 Å². The van der Waals surface area contributed by atoms with E-state index in [2.05, 4.69) is 32.0 Å². The summed E-state index contributed by atoms with van der Waals surface area (Å²) in [4.78, 5) is 28.5. The molecule has 0 spiro atoms. The predicted molar refractivity (Wildman–Crippen MR) is 121 cm³/mol. The van der Waals surface area contributed by atoms with Gasteiger partial charge in [0.25, 0.3) is 0 Å². The molecule has 0 radical (unpaired) electrons. The summed E-state index contributed by atoms with van der Waals surface area (Å²) in [6.45, 7) is 1.48. The molecule has 0 bridgehead atoms. The molecule has 1 amide bonds. The third-order valence-electron chi connectivity index (χ3n) is 6.13. The van der Waals surface area contributed by atoms with Crippen molar-refractivity contribution in [3.63, 3.8) is 0 Å². The second-order valence-electron chi connectivity index (χ2n) is 8.53. The highest BCUT2D eigenvalue weighted by atomic mass is 16.4. The molecule has 3 N–H and O–H groups in total. The Morgan fingerprint density at radius 2 is 1.85 bits per heavy atom. The van der Waals surface area contributed by atoms with E-state index in [4.69, 9.17) is 10.1 Å². The van der Waals surface area contributed by atoms with Crippen LogP contribution in [-0.4, -0.2) is 48.6 Å². The van der Waals surface area contributed by atoms with Crippen LogP contribution >= 0.6 is 0 Å². The number of H-pyrrole nitrogens is 1. The molecule has 33 heavy (non-hydrogen) atoms. The third kappa shape index (κ3) is 4.17. The monoisotopic (exact) mass is 442 g/mol. The number of nitrogens with one attached hydrogen (secondary N) is 2. The van der Waals surface area contributed by atoms with E-state index in [9.17, 15) is 9.59 Å². The fraction of sp³-hybridized carbons (Fsp3) is 0.250. The number of benzene rings is 2. The predicted octanol–water partition coefficient (Wildman–Crippen LogP) is 2.99. The van der Waals surface area contributed by atoms with Crippen molar-refractivity contribution in [2.75, 3.05) is 0 Å². The Labute approximate surface area is 189 Å². The molecule has 1 fully saturated rings. The second kappa shape index (κ2) is 8.09. The van der Waals surface area contributed by atoms with Crippen molar-refractivity contribution in [2.24, 2.45) is 5.41 Å². The zero-order valence-corrected chi connectivity index (χ0v) is 17.9. The Balaban J connectivity index is 1.33. The molecule has 9 nitrogen and oxygen atoms in total. The van der Waals surface area contributed by atoms with Crippen LogP contribution in [0.4, 0.5) is 0 Å². The van der Waals surface area contributed by atoms with Crippen LogP contribution in [0, 0.1) is 5.41 Å². The first kappa shape index (κ1) is 20.7. The first-order chi connectivity index (χ1) is 15.9. The van der Waals surface area contributed by atoms with Gasteiger partial charge < -0.3 is 10.4 Å². The number of carbonyl (C=O) groups excluding carboxylic acids is 1. The van der Waals surface area contributed by atoms with Gasteiger partial charge in [-0.2, -0.15) is 5.21 Å². The average Bonchev–Trinajstić information content (AvgIpc) is 3.39. The lowest BCUT2D eigenvalue weighted by molar-refractivity contribution is -0.142. The number of pyridine rings is 1. The summed E-state index contributed by atoms with van der Waals surface area (Å²) in [6.07, 6.45) is 2.11. The lowest BCUT2D eigenvalue weighted by Crippen LogP contribution is -2.43. The van der Waals surface area contributed by atoms with E-state index in [1.807, 2.05) is 48.5 Å². The van der Waals surface area contributed by atoms with Crippen molar-refractivity contribution in [1.82, 2.24) is 30.9 Å². The zero-order valence-electron chi connectivity index (χ0n) is 17.9. The topological polar surface area (TPSA) is 134 Å². The van der Waals surface area contributed by atoms with Gasteiger partial charge in [0.2, 0.25) is 11.7 Å². The first-order valence-corrected chi connectivity index (χ1v) is 10.7. The molecule has 0 aliphatic heterocycles. The van der Waals surface area contributed by atoms with E-state index in [-0.39, 0.29) is 5.91 Å². The van der Waals surface area contributed by atoms with Crippen molar-refractivity contribution < 1.29 is 14.7 Å². The number of amides is 1. The van der Waals surface area contributed by atoms with Gasteiger partial charge in [-0.15, -0.1) is 10.2 Å². The van der Waals surface area contributed by atoms with E-state index in [0.29, 0.717) is 12.2 Å². The van der Waals surface area contributed by atoms with Gasteiger partial charge in [0, 0.05) is 16.5 Å². The summed E-state index contributed by atoms with van der Waals surface area (Å²) in [5, 5.41) is 26.7. The molecule has 9 heteroatoms. The summed E-state index contributed by atoms with van der Waals surface area (Å²) >= 11 is 0. The molecule has 166 valence electrons. The molecule has 1 unspecified atom stereocenters. The molecule has 5 rings (SSSR count). The van der Waals surface area contributed by atoms with Crippen LogP contribution in [-0.2, 0) is 16.0 Å². The lowest BCUT2D eigenvalue weighted by atomic mass is 9.94. The number of aromatic amines is 1. The van der Waals surface area contributed by atoms with Crippen LogP contribution in [0.2, 0.25) is 0 Å². The fourth-order valence-electron chi connectivity index (χ4n) is 3.96. The Morgan fingerprint density at radius 1 is 1.09 bits per heavy atom. The smallest absolute Gasteiger partial charge is 0.325 e. The number of aromatic nitrogens is 5. The first-order valence-electron chi connectivity index (χ1n) is 10.7. The number of aliphatic carboxylic acids is 1. The third-order valence-corrected chi connectivity index (χ3v) is 6.13. The minimum atomic E-state index is -1.03. The van der Waals surface area contributed by atoms with Gasteiger partial charge in [-0.3, -0.25) is 9.59 Å². The summed E-state index contributed by atoms with van der Waals surface area (Å²) < 4.78 is 0. The number of tetrazole rings is 1. The van der Waals surface area contributed by atoms with Crippen LogP contribution in [0.1, 0.15) is 25.3 Å². The molecule has 1 aliphatic rings. The molecule has 0 saturated heterocycles. The molecule has 2 aromatic heterocycles. The van der Waals surface area contributed by atoms with Gasteiger partial charge >= 0.3 is 5.97 Å². The molecule has 4 aromatic rings. The van der Waals surface area contributed by atoms with Crippen LogP contribution < -0.4 is 5.32 Å². The Morgan fingerprint density at radius 3 is 2.52 bits per heavy atom. The van der Waals surface area contributed by atoms with Crippen molar-refractivity contribution in [1.29, 1.82) is 0 Å². The van der Waals surface area contributed by atoms with E-state index < -0.39 is 17.4 Å². The molecule has 2 heterocycles. The van der Waals surface area contributed by atoms with Crippen LogP contribution in [0.3, 0.4) is 0 Å². The van der Waals surface area contributed by atoms with Crippen LogP contribution in [0.5, 0.6) is 0 Å². The highest BCUT2D eigenvalue weighted by Gasteiger charge is 2.50. The number of rotatable bonds is 7. The summed E-state index contributed by atoms with van der Waals surface area (Å²) in [5.41, 5.74) is 4.11. The number of hydrogen-bond acceptors (Lipinski definition) is 6. The number of carbonyl (C=O) groups is 2. The highest BCUT2D eigenvalue weighted by molar-refractivity contribution is 5.89. The molecule has 1 saturated carbocycles. The minimum absolute atomic E-state index is 0.185. The Kier molecular flexibility index (Phi) is 5.08. The van der Waals surface area contributed by atoms with Crippen molar-refractivity contribution >= 4 is 22.8 Å². The summed E-state index contributed by atoms with van der Waals surface area (Å²) in [6, 6.07) is 16.9. The minimum Gasteiger partial charge on any atom is -0.480 e. The van der Waals surface area contributed by atoms with E-state index in [0.717, 1.165) is 46.1 Å². The van der Waals surface area contributed by atoms with Gasteiger partial charge in [0.05, 0.1) is 16.6 Å². The fourth-order valence-corrected chi connectivity index (χ4v) is 3.96. The van der Waals surface area contributed by atoms with Gasteiger partial charge in [-0.1, -0.05) is 36.4 Å². The van der Waals surface area contributed by atoms with Crippen molar-refractivity contribution in [3.8, 4) is 22.6 Å². The van der Waals surface area contributed by atoms with Crippen LogP contribution in [0.15, 0.2) is 54.6 Å². The number of carboxylic acid groups (broad SMARTS) is 1. The average molecular weight is 442 g/mol. The van der Waals surface area contributed by atoms with Gasteiger partial charge in [0.1, 0.15) is 6.04 Å². The quantitative estimate of drug-likeness (QED) is 0.400. The maximum atomic E-state index is 12.6. The van der Waals surface area contributed by atoms with Crippen molar-refractivity contribution in [2.45, 2.75) is 32.2 Å². The zero-order chi connectivity index (χ0) is 23.0. The van der Waals surface area contributed by atoms with Crippen molar-refractivity contribution in [3.05, 3.63) is 60.2 Å². The summed E-state index contributed by atoms with van der Waals surface area (Å²) in [5.74, 6) is -0.675. The maximum Gasteiger partial charge on any atom is 0.325 e. The van der Waals surface area contributed by atoms with Gasteiger partial charge in [-0.25, -0.2) is 4.98 Å². The molecular formula is C24H22N6O3. The van der Waals surface area contributed by atoms with Crippen LogP contribution in [0.25, 0.3) is 33.5 Å². The standard InChI is InChI=1S/C24H22N6O3/c1-14(22(31)32)25-23(33)24(10-11-24)13-15-2-8-20-18(12-15)7-9-19(26-20)16-3-5-17(6-4-16)21-27-29-30-28-21/h2-9,12,14H,10-11,13H2,1H3,(H,25,33)(H,31,32)(H,27,28,29,30). The number of fused-ring (bicyclic) bond motifs is 1. The second-order valence-corrected chi connectivity index (χ2v) is 8.53.